The van der Waals surface area contributed by atoms with Crippen LogP contribution in [0.4, 0.5) is 17.1 Å². The number of nitro groups is 1. The molecular formula is C18H21N3O5S. The Kier molecular flexibility index (Phi) is 6.17. The first kappa shape index (κ1) is 20.4. The molecule has 8 nitrogen and oxygen atoms in total. The normalized spacial score (nSPS) is 11.1. The Morgan fingerprint density at radius 3 is 2.33 bits per heavy atom. The van der Waals surface area contributed by atoms with Gasteiger partial charge in [0.1, 0.15) is 6.54 Å². The van der Waals surface area contributed by atoms with E-state index in [-0.39, 0.29) is 11.4 Å². The summed E-state index contributed by atoms with van der Waals surface area (Å²) < 4.78 is 25.3. The lowest BCUT2D eigenvalue weighted by molar-refractivity contribution is -0.385. The minimum Gasteiger partial charge on any atom is -0.324 e. The summed E-state index contributed by atoms with van der Waals surface area (Å²) in [4.78, 5) is 22.9. The lowest BCUT2D eigenvalue weighted by Gasteiger charge is -2.22. The van der Waals surface area contributed by atoms with Crippen molar-refractivity contribution in [2.75, 3.05) is 22.4 Å². The number of nitrogens with one attached hydrogen (secondary N) is 1. The molecule has 2 aromatic rings. The molecule has 2 aromatic carbocycles. The van der Waals surface area contributed by atoms with Crippen LogP contribution < -0.4 is 9.62 Å². The average molecular weight is 391 g/mol. The molecule has 0 aliphatic carbocycles. The van der Waals surface area contributed by atoms with Gasteiger partial charge in [0.05, 0.1) is 28.1 Å². The molecule has 27 heavy (non-hydrogen) atoms. The molecule has 0 aliphatic rings. The van der Waals surface area contributed by atoms with Crippen molar-refractivity contribution in [1.82, 2.24) is 0 Å². The molecule has 0 radical (unpaired) electrons. The summed E-state index contributed by atoms with van der Waals surface area (Å²) in [5.74, 6) is -0.594. The Hall–Kier alpha value is -2.94. The largest absolute Gasteiger partial charge is 0.324 e. The first-order valence-electron chi connectivity index (χ1n) is 8.24. The third kappa shape index (κ3) is 5.04. The number of benzene rings is 2. The van der Waals surface area contributed by atoms with E-state index in [1.54, 1.807) is 24.3 Å². The number of carbonyl (C=O) groups excluding carboxylic acids is 1. The summed E-state index contributed by atoms with van der Waals surface area (Å²) in [6.45, 7) is 3.07. The van der Waals surface area contributed by atoms with Crippen LogP contribution in [0.15, 0.2) is 42.5 Å². The fourth-order valence-electron chi connectivity index (χ4n) is 2.57. The minimum absolute atomic E-state index is 0.122. The van der Waals surface area contributed by atoms with Crippen LogP contribution in [0.25, 0.3) is 0 Å². The van der Waals surface area contributed by atoms with E-state index in [2.05, 4.69) is 5.32 Å². The molecule has 9 heteroatoms. The van der Waals surface area contributed by atoms with Gasteiger partial charge in [-0.3, -0.25) is 19.2 Å². The van der Waals surface area contributed by atoms with E-state index >= 15 is 0 Å². The molecule has 0 aliphatic heterocycles. The SMILES string of the molecule is CCc1ccc(N(CC(=O)Nc2cccc([N+](=O)[O-])c2C)S(C)(=O)=O)cc1. The maximum atomic E-state index is 12.4. The second-order valence-electron chi connectivity index (χ2n) is 6.04. The van der Waals surface area contributed by atoms with Gasteiger partial charge >= 0.3 is 0 Å². The van der Waals surface area contributed by atoms with Gasteiger partial charge in [-0.05, 0) is 37.1 Å². The summed E-state index contributed by atoms with van der Waals surface area (Å²) in [7, 11) is -3.69. The summed E-state index contributed by atoms with van der Waals surface area (Å²) in [5.41, 5.74) is 1.87. The number of sulfonamides is 1. The first-order valence-corrected chi connectivity index (χ1v) is 10.1. The monoisotopic (exact) mass is 391 g/mol. The topological polar surface area (TPSA) is 110 Å². The van der Waals surface area contributed by atoms with Crippen LogP contribution in [0.1, 0.15) is 18.1 Å². The smallest absolute Gasteiger partial charge is 0.274 e. The number of hydrogen-bond acceptors (Lipinski definition) is 5. The van der Waals surface area contributed by atoms with Crippen molar-refractivity contribution in [3.63, 3.8) is 0 Å². The molecule has 0 atom stereocenters. The van der Waals surface area contributed by atoms with Crippen molar-refractivity contribution < 1.29 is 18.1 Å². The molecule has 0 unspecified atom stereocenters. The van der Waals surface area contributed by atoms with Gasteiger partial charge in [-0.1, -0.05) is 25.1 Å². The van der Waals surface area contributed by atoms with Crippen molar-refractivity contribution >= 4 is 33.0 Å². The second-order valence-corrected chi connectivity index (χ2v) is 7.95. The zero-order valence-electron chi connectivity index (χ0n) is 15.3. The maximum Gasteiger partial charge on any atom is 0.274 e. The fourth-order valence-corrected chi connectivity index (χ4v) is 3.43. The zero-order chi connectivity index (χ0) is 20.2. The highest BCUT2D eigenvalue weighted by Crippen LogP contribution is 2.25. The van der Waals surface area contributed by atoms with Crippen LogP contribution >= 0.6 is 0 Å². The van der Waals surface area contributed by atoms with Gasteiger partial charge in [-0.2, -0.15) is 0 Å². The molecule has 144 valence electrons. The molecule has 0 saturated heterocycles. The molecule has 0 fully saturated rings. The molecule has 0 bridgehead atoms. The number of rotatable bonds is 7. The summed E-state index contributed by atoms with van der Waals surface area (Å²) in [6, 6.07) is 11.2. The lowest BCUT2D eigenvalue weighted by Crippen LogP contribution is -2.37. The van der Waals surface area contributed by atoms with Crippen LogP contribution in [0.5, 0.6) is 0 Å². The Bertz CT molecular complexity index is 955. The van der Waals surface area contributed by atoms with E-state index in [0.717, 1.165) is 22.5 Å². The van der Waals surface area contributed by atoms with E-state index in [1.165, 1.54) is 25.1 Å². The van der Waals surface area contributed by atoms with Gasteiger partial charge in [0.15, 0.2) is 0 Å². The molecule has 0 aromatic heterocycles. The molecule has 1 amide bonds. The predicted octanol–water partition coefficient (Wildman–Crippen LogP) is 2.87. The third-order valence-electron chi connectivity index (χ3n) is 4.10. The first-order chi connectivity index (χ1) is 12.6. The van der Waals surface area contributed by atoms with E-state index in [9.17, 15) is 23.3 Å². The maximum absolute atomic E-state index is 12.4. The number of anilines is 2. The predicted molar refractivity (Wildman–Crippen MR) is 104 cm³/mol. The minimum atomic E-state index is -3.69. The molecule has 0 spiro atoms. The van der Waals surface area contributed by atoms with E-state index in [0.29, 0.717) is 11.3 Å². The zero-order valence-corrected chi connectivity index (χ0v) is 16.1. The van der Waals surface area contributed by atoms with Gasteiger partial charge in [-0.25, -0.2) is 8.42 Å². The summed E-state index contributed by atoms with van der Waals surface area (Å²) >= 11 is 0. The van der Waals surface area contributed by atoms with Crippen molar-refractivity contribution in [2.24, 2.45) is 0 Å². The van der Waals surface area contributed by atoms with Crippen molar-refractivity contribution in [1.29, 1.82) is 0 Å². The molecule has 0 heterocycles. The molecule has 1 N–H and O–H groups in total. The molecule has 0 saturated carbocycles. The summed E-state index contributed by atoms with van der Waals surface area (Å²) in [6.07, 6.45) is 1.83. The van der Waals surface area contributed by atoms with Gasteiger partial charge in [0.25, 0.3) is 5.69 Å². The van der Waals surface area contributed by atoms with E-state index in [1.807, 2.05) is 6.92 Å². The average Bonchev–Trinajstić information content (AvgIpc) is 2.60. The number of nitro benzene ring substituents is 1. The summed E-state index contributed by atoms with van der Waals surface area (Å²) in [5, 5.41) is 13.6. The van der Waals surface area contributed by atoms with Crippen LogP contribution in [0.3, 0.4) is 0 Å². The van der Waals surface area contributed by atoms with E-state index < -0.39 is 27.4 Å². The van der Waals surface area contributed by atoms with Gasteiger partial charge in [0, 0.05) is 6.07 Å². The standard InChI is InChI=1S/C18H21N3O5S/c1-4-14-8-10-15(11-9-14)20(27(3,25)26)12-18(22)19-16-6-5-7-17(13(16)2)21(23)24/h5-11H,4,12H2,1-3H3,(H,19,22). The van der Waals surface area contributed by atoms with Crippen LogP contribution in [0, 0.1) is 17.0 Å². The highest BCUT2D eigenvalue weighted by atomic mass is 32.2. The Balaban J connectivity index is 2.24. The van der Waals surface area contributed by atoms with Crippen LogP contribution in [-0.2, 0) is 21.2 Å². The van der Waals surface area contributed by atoms with Crippen molar-refractivity contribution in [2.45, 2.75) is 20.3 Å². The Morgan fingerprint density at radius 1 is 1.19 bits per heavy atom. The van der Waals surface area contributed by atoms with Gasteiger partial charge in [0.2, 0.25) is 15.9 Å². The quantitative estimate of drug-likeness (QED) is 0.576. The Labute approximate surface area is 158 Å². The number of carbonyl (C=O) groups is 1. The fraction of sp³-hybridized carbons (Fsp3) is 0.278. The van der Waals surface area contributed by atoms with Crippen molar-refractivity contribution in [3.05, 3.63) is 63.7 Å². The van der Waals surface area contributed by atoms with Crippen molar-refractivity contribution in [3.8, 4) is 0 Å². The van der Waals surface area contributed by atoms with E-state index in [4.69, 9.17) is 0 Å². The van der Waals surface area contributed by atoms with Crippen LogP contribution in [-0.4, -0.2) is 32.0 Å². The molecule has 2 rings (SSSR count). The highest BCUT2D eigenvalue weighted by molar-refractivity contribution is 7.92. The second kappa shape index (κ2) is 8.17. The number of hydrogen-bond donors (Lipinski definition) is 1. The van der Waals surface area contributed by atoms with Crippen LogP contribution in [0.2, 0.25) is 0 Å². The lowest BCUT2D eigenvalue weighted by atomic mass is 10.1. The number of nitrogens with zero attached hydrogens (tertiary/aromatic N) is 2. The number of aryl methyl sites for hydroxylation is 1. The van der Waals surface area contributed by atoms with Gasteiger partial charge < -0.3 is 5.32 Å². The van der Waals surface area contributed by atoms with Gasteiger partial charge in [-0.15, -0.1) is 0 Å². The third-order valence-corrected chi connectivity index (χ3v) is 5.24. The Morgan fingerprint density at radius 2 is 1.81 bits per heavy atom. The number of amides is 1. The molecular weight excluding hydrogens is 370 g/mol. The highest BCUT2D eigenvalue weighted by Gasteiger charge is 2.22.